The number of aryl methyl sites for hydroxylation is 3. The van der Waals surface area contributed by atoms with Gasteiger partial charge in [-0.15, -0.1) is 0 Å². The quantitative estimate of drug-likeness (QED) is 0.224. The molecule has 1 fully saturated rings. The minimum atomic E-state index is -1.02. The van der Waals surface area contributed by atoms with Gasteiger partial charge in [-0.25, -0.2) is 4.39 Å². The first-order valence-electron chi connectivity index (χ1n) is 15.4. The van der Waals surface area contributed by atoms with Crippen molar-refractivity contribution in [2.24, 2.45) is 5.92 Å². The van der Waals surface area contributed by atoms with Gasteiger partial charge in [0.1, 0.15) is 5.75 Å². The number of carbonyl (C=O) groups is 2. The Balaban J connectivity index is 1.48. The number of benzene rings is 3. The van der Waals surface area contributed by atoms with Crippen LogP contribution in [0.3, 0.4) is 0 Å². The van der Waals surface area contributed by atoms with Gasteiger partial charge in [0, 0.05) is 24.2 Å². The van der Waals surface area contributed by atoms with Crippen LogP contribution < -0.4 is 19.5 Å². The SMILES string of the molecule is CCCCOc1ccc([C@H]2[C@H](C(=O)O)[C@@H](c3cc(F)c4c(c3)OCO4)CN2CC(=O)Nc2c(CC)cc(C)cc2CC)cc1. The van der Waals surface area contributed by atoms with E-state index >= 15 is 4.39 Å². The van der Waals surface area contributed by atoms with Crippen LogP contribution in [0.2, 0.25) is 0 Å². The maximum Gasteiger partial charge on any atom is 0.309 e. The third-order valence-electron chi connectivity index (χ3n) is 8.57. The number of hydrogen-bond acceptors (Lipinski definition) is 6. The highest BCUT2D eigenvalue weighted by molar-refractivity contribution is 5.94. The van der Waals surface area contributed by atoms with Gasteiger partial charge in [0.2, 0.25) is 18.4 Å². The Morgan fingerprint density at radius 1 is 1.02 bits per heavy atom. The zero-order chi connectivity index (χ0) is 31.4. The minimum Gasteiger partial charge on any atom is -0.494 e. The number of amides is 1. The third kappa shape index (κ3) is 6.53. The second-order valence-electron chi connectivity index (χ2n) is 11.6. The molecule has 234 valence electrons. The van der Waals surface area contributed by atoms with E-state index in [0.29, 0.717) is 17.9 Å². The van der Waals surface area contributed by atoms with E-state index in [9.17, 15) is 14.7 Å². The first-order valence-corrected chi connectivity index (χ1v) is 15.4. The van der Waals surface area contributed by atoms with Crippen molar-refractivity contribution in [3.63, 3.8) is 0 Å². The predicted octanol–water partition coefficient (Wildman–Crippen LogP) is 6.65. The van der Waals surface area contributed by atoms with Crippen LogP contribution in [0.25, 0.3) is 0 Å². The van der Waals surface area contributed by atoms with Gasteiger partial charge in [-0.1, -0.05) is 57.0 Å². The number of hydrogen-bond donors (Lipinski definition) is 2. The van der Waals surface area contributed by atoms with E-state index in [1.807, 2.05) is 36.1 Å². The molecular weight excluding hydrogens is 563 g/mol. The Bertz CT molecular complexity index is 1480. The Labute approximate surface area is 258 Å². The van der Waals surface area contributed by atoms with Gasteiger partial charge in [0.05, 0.1) is 19.1 Å². The van der Waals surface area contributed by atoms with E-state index in [2.05, 4.69) is 38.2 Å². The first kappa shape index (κ1) is 31.3. The van der Waals surface area contributed by atoms with Gasteiger partial charge in [0.25, 0.3) is 0 Å². The molecular formula is C35H41FN2O6. The molecule has 0 aromatic heterocycles. The van der Waals surface area contributed by atoms with Gasteiger partial charge < -0.3 is 24.6 Å². The number of nitrogens with zero attached hydrogens (tertiary/aromatic N) is 1. The van der Waals surface area contributed by atoms with Crippen molar-refractivity contribution in [1.29, 1.82) is 0 Å². The number of carboxylic acid groups (broad SMARTS) is 1. The summed E-state index contributed by atoms with van der Waals surface area (Å²) in [5, 5.41) is 13.7. The Morgan fingerprint density at radius 3 is 2.36 bits per heavy atom. The monoisotopic (exact) mass is 604 g/mol. The smallest absolute Gasteiger partial charge is 0.309 e. The van der Waals surface area contributed by atoms with Crippen molar-refractivity contribution < 1.29 is 33.3 Å². The van der Waals surface area contributed by atoms with Crippen LogP contribution in [0.5, 0.6) is 17.2 Å². The van der Waals surface area contributed by atoms with Crippen molar-refractivity contribution in [2.45, 2.75) is 65.3 Å². The summed E-state index contributed by atoms with van der Waals surface area (Å²) in [5.74, 6) is -2.43. The molecule has 1 saturated heterocycles. The lowest BCUT2D eigenvalue weighted by Gasteiger charge is -2.27. The molecule has 44 heavy (non-hydrogen) atoms. The van der Waals surface area contributed by atoms with Crippen LogP contribution in [-0.2, 0) is 22.4 Å². The summed E-state index contributed by atoms with van der Waals surface area (Å²) in [5.41, 5.74) is 5.32. The molecule has 0 aliphatic carbocycles. The summed E-state index contributed by atoms with van der Waals surface area (Å²) in [6, 6.07) is 13.9. The van der Waals surface area contributed by atoms with E-state index in [0.717, 1.165) is 53.6 Å². The molecule has 0 spiro atoms. The highest BCUT2D eigenvalue weighted by atomic mass is 19.1. The minimum absolute atomic E-state index is 0.0293. The summed E-state index contributed by atoms with van der Waals surface area (Å²) < 4.78 is 31.5. The molecule has 1 amide bonds. The van der Waals surface area contributed by atoms with E-state index in [1.54, 1.807) is 6.07 Å². The number of carboxylic acids is 1. The lowest BCUT2D eigenvalue weighted by molar-refractivity contribution is -0.143. The number of fused-ring (bicyclic) bond motifs is 1. The average Bonchev–Trinajstić information content (AvgIpc) is 3.64. The fourth-order valence-corrected chi connectivity index (χ4v) is 6.45. The van der Waals surface area contributed by atoms with Crippen molar-refractivity contribution in [2.75, 3.05) is 31.8 Å². The van der Waals surface area contributed by atoms with Gasteiger partial charge in [0.15, 0.2) is 11.6 Å². The van der Waals surface area contributed by atoms with Gasteiger partial charge in [-0.3, -0.25) is 14.5 Å². The highest BCUT2D eigenvalue weighted by Crippen LogP contribution is 2.48. The number of aliphatic carboxylic acids is 1. The van der Waals surface area contributed by atoms with Crippen LogP contribution in [-0.4, -0.2) is 48.4 Å². The van der Waals surface area contributed by atoms with Crippen molar-refractivity contribution >= 4 is 17.6 Å². The molecule has 2 N–H and O–H groups in total. The molecule has 0 saturated carbocycles. The van der Waals surface area contributed by atoms with Crippen LogP contribution in [0.15, 0.2) is 48.5 Å². The normalized spacial score (nSPS) is 19.2. The predicted molar refractivity (Wildman–Crippen MR) is 166 cm³/mol. The van der Waals surface area contributed by atoms with E-state index in [4.69, 9.17) is 14.2 Å². The van der Waals surface area contributed by atoms with Gasteiger partial charge in [-0.05, 0) is 72.7 Å². The molecule has 2 heterocycles. The molecule has 8 nitrogen and oxygen atoms in total. The first-order chi connectivity index (χ1) is 21.2. The Morgan fingerprint density at radius 2 is 1.73 bits per heavy atom. The number of halogens is 1. The zero-order valence-electron chi connectivity index (χ0n) is 25.8. The standard InChI is InChI=1S/C35H41FN2O6/c1-5-8-13-42-26-11-9-24(10-12-26)33-31(35(40)41)27(25-16-28(36)34-29(17-25)43-20-44-34)18-38(33)19-30(39)37-32-22(6-2)14-21(4)15-23(32)7-3/h9-12,14-17,27,31,33H,5-8,13,18-20H2,1-4H3,(H,37,39)(H,40,41)/t27-,31-,33+/m1/s1. The van der Waals surface area contributed by atoms with Crippen molar-refractivity contribution in [3.8, 4) is 17.2 Å². The number of ether oxygens (including phenoxy) is 3. The summed E-state index contributed by atoms with van der Waals surface area (Å²) in [6.07, 6.45) is 3.48. The molecule has 0 bridgehead atoms. The summed E-state index contributed by atoms with van der Waals surface area (Å²) >= 11 is 0. The fraction of sp³-hybridized carbons (Fsp3) is 0.429. The molecule has 0 radical (unpaired) electrons. The van der Waals surface area contributed by atoms with Gasteiger partial charge in [-0.2, -0.15) is 0 Å². The molecule has 3 aromatic rings. The molecule has 5 rings (SSSR count). The van der Waals surface area contributed by atoms with Gasteiger partial charge >= 0.3 is 5.97 Å². The van der Waals surface area contributed by atoms with Crippen LogP contribution in [0.4, 0.5) is 10.1 Å². The topological polar surface area (TPSA) is 97.3 Å². The van der Waals surface area contributed by atoms with Crippen molar-refractivity contribution in [1.82, 2.24) is 4.90 Å². The zero-order valence-corrected chi connectivity index (χ0v) is 25.8. The molecule has 9 heteroatoms. The molecule has 2 aliphatic heterocycles. The number of rotatable bonds is 12. The average molecular weight is 605 g/mol. The second-order valence-corrected chi connectivity index (χ2v) is 11.6. The van der Waals surface area contributed by atoms with Crippen LogP contribution in [0, 0.1) is 18.7 Å². The third-order valence-corrected chi connectivity index (χ3v) is 8.57. The van der Waals surface area contributed by atoms with E-state index in [1.165, 1.54) is 6.07 Å². The number of nitrogens with one attached hydrogen (secondary N) is 1. The lowest BCUT2D eigenvalue weighted by atomic mass is 9.82. The lowest BCUT2D eigenvalue weighted by Crippen LogP contribution is -2.35. The number of likely N-dealkylation sites (tertiary alicyclic amines) is 1. The summed E-state index contributed by atoms with van der Waals surface area (Å²) in [6.45, 7) is 8.96. The highest BCUT2D eigenvalue weighted by Gasteiger charge is 2.48. The Hall–Kier alpha value is -4.11. The fourth-order valence-electron chi connectivity index (χ4n) is 6.45. The van der Waals surface area contributed by atoms with E-state index < -0.39 is 29.7 Å². The second kappa shape index (κ2) is 13.7. The number of carbonyl (C=O) groups excluding carboxylic acids is 1. The van der Waals surface area contributed by atoms with Crippen LogP contribution in [0.1, 0.15) is 73.4 Å². The molecule has 0 unspecified atom stereocenters. The number of anilines is 1. The van der Waals surface area contributed by atoms with Crippen LogP contribution >= 0.6 is 0 Å². The summed E-state index contributed by atoms with van der Waals surface area (Å²) in [7, 11) is 0. The molecule has 3 atom stereocenters. The van der Waals surface area contributed by atoms with E-state index in [-0.39, 0.29) is 37.3 Å². The largest absolute Gasteiger partial charge is 0.494 e. The summed E-state index contributed by atoms with van der Waals surface area (Å²) in [4.78, 5) is 28.5. The number of unbranched alkanes of at least 4 members (excludes halogenated alkanes) is 1. The molecule has 2 aliphatic rings. The Kier molecular flexibility index (Phi) is 9.74. The molecule has 3 aromatic carbocycles. The maximum absolute atomic E-state index is 15.0. The maximum atomic E-state index is 15.0. The van der Waals surface area contributed by atoms with Crippen molar-refractivity contribution in [3.05, 3.63) is 82.2 Å².